The zero-order valence-electron chi connectivity index (χ0n) is 14.9. The normalized spacial score (nSPS) is 20.0. The highest BCUT2D eigenvalue weighted by Gasteiger charge is 2.25. The lowest BCUT2D eigenvalue weighted by Gasteiger charge is -2.29. The molecule has 1 heterocycles. The maximum absolute atomic E-state index is 13.6. The van der Waals surface area contributed by atoms with Gasteiger partial charge < -0.3 is 15.1 Å². The van der Waals surface area contributed by atoms with Crippen LogP contribution in [0.25, 0.3) is 0 Å². The highest BCUT2D eigenvalue weighted by Crippen LogP contribution is 2.14. The van der Waals surface area contributed by atoms with Crippen molar-refractivity contribution in [3.05, 3.63) is 65.2 Å². The lowest BCUT2D eigenvalue weighted by atomic mass is 10.1. The lowest BCUT2D eigenvalue weighted by Crippen LogP contribution is -3.28. The van der Waals surface area contributed by atoms with Crippen molar-refractivity contribution in [1.29, 1.82) is 0 Å². The van der Waals surface area contributed by atoms with Crippen LogP contribution in [0.15, 0.2) is 42.5 Å². The first-order valence-electron chi connectivity index (χ1n) is 8.97. The summed E-state index contributed by atoms with van der Waals surface area (Å²) in [6.07, 6.45) is 0. The van der Waals surface area contributed by atoms with Gasteiger partial charge >= 0.3 is 0 Å². The topological polar surface area (TPSA) is 38.0 Å². The number of anilines is 1. The maximum atomic E-state index is 13.6. The zero-order valence-corrected chi connectivity index (χ0v) is 14.9. The highest BCUT2D eigenvalue weighted by atomic mass is 19.1. The number of hydrogen-bond acceptors (Lipinski definition) is 1. The Hall–Kier alpha value is -2.31. The van der Waals surface area contributed by atoms with E-state index in [1.54, 1.807) is 0 Å². The Bertz CT molecular complexity index is 773. The first-order chi connectivity index (χ1) is 12.5. The molecule has 6 heteroatoms. The van der Waals surface area contributed by atoms with Crippen molar-refractivity contribution in [1.82, 2.24) is 0 Å². The van der Waals surface area contributed by atoms with Crippen molar-refractivity contribution in [3.63, 3.8) is 0 Å². The van der Waals surface area contributed by atoms with Crippen LogP contribution in [0.4, 0.5) is 14.5 Å². The fraction of sp³-hybridized carbons (Fsp3) is 0.350. The van der Waals surface area contributed by atoms with Crippen LogP contribution in [0.2, 0.25) is 0 Å². The minimum absolute atomic E-state index is 0.0990. The summed E-state index contributed by atoms with van der Waals surface area (Å²) in [5, 5.41) is 2.47. The second-order valence-electron chi connectivity index (χ2n) is 7.01. The van der Waals surface area contributed by atoms with Gasteiger partial charge in [0.15, 0.2) is 6.54 Å². The lowest BCUT2D eigenvalue weighted by molar-refractivity contribution is -1.02. The monoisotopic (exact) mass is 361 g/mol. The van der Waals surface area contributed by atoms with Gasteiger partial charge in [0, 0.05) is 11.6 Å². The number of rotatable bonds is 5. The van der Waals surface area contributed by atoms with Crippen molar-refractivity contribution in [2.45, 2.75) is 13.5 Å². The van der Waals surface area contributed by atoms with Crippen LogP contribution in [0.3, 0.4) is 0 Å². The number of halogens is 2. The molecule has 0 atom stereocenters. The average molecular weight is 361 g/mol. The summed E-state index contributed by atoms with van der Waals surface area (Å²) in [6, 6.07) is 11.6. The molecule has 0 saturated carbocycles. The van der Waals surface area contributed by atoms with Crippen molar-refractivity contribution < 1.29 is 23.4 Å². The molecule has 0 aromatic heterocycles. The second kappa shape index (κ2) is 8.38. The molecule has 2 aromatic carbocycles. The number of hydrogen-bond donors (Lipinski definition) is 3. The van der Waals surface area contributed by atoms with E-state index in [1.807, 2.05) is 0 Å². The Balaban J connectivity index is 1.46. The molecule has 26 heavy (non-hydrogen) atoms. The molecule has 1 amide bonds. The molecule has 0 unspecified atom stereocenters. The number of nitrogens with one attached hydrogen (secondary N) is 3. The predicted octanol–water partition coefficient (Wildman–Crippen LogP) is 0.195. The summed E-state index contributed by atoms with van der Waals surface area (Å²) in [7, 11) is 0. The van der Waals surface area contributed by atoms with E-state index in [0.717, 1.165) is 50.9 Å². The van der Waals surface area contributed by atoms with E-state index in [2.05, 4.69) is 36.5 Å². The first kappa shape index (κ1) is 18.5. The number of aryl methyl sites for hydroxylation is 1. The molecule has 0 radical (unpaired) electrons. The van der Waals surface area contributed by atoms with Crippen LogP contribution in [0, 0.1) is 18.6 Å². The van der Waals surface area contributed by atoms with Crippen molar-refractivity contribution in [2.24, 2.45) is 0 Å². The molecule has 3 N–H and O–H groups in total. The highest BCUT2D eigenvalue weighted by molar-refractivity contribution is 5.91. The van der Waals surface area contributed by atoms with E-state index in [4.69, 9.17) is 0 Å². The Morgan fingerprint density at radius 3 is 2.50 bits per heavy atom. The van der Waals surface area contributed by atoms with Gasteiger partial charge in [0.2, 0.25) is 0 Å². The van der Waals surface area contributed by atoms with Crippen LogP contribution < -0.4 is 15.1 Å². The number of benzene rings is 2. The Morgan fingerprint density at radius 1 is 1.04 bits per heavy atom. The van der Waals surface area contributed by atoms with E-state index in [-0.39, 0.29) is 18.1 Å². The Morgan fingerprint density at radius 2 is 1.77 bits per heavy atom. The van der Waals surface area contributed by atoms with Gasteiger partial charge in [-0.25, -0.2) is 8.78 Å². The summed E-state index contributed by atoms with van der Waals surface area (Å²) in [5.74, 6) is -1.48. The molecule has 4 nitrogen and oxygen atoms in total. The number of amides is 1. The van der Waals surface area contributed by atoms with Gasteiger partial charge in [-0.05, 0) is 19.1 Å². The number of quaternary nitrogens is 2. The standard InChI is InChI=1S/C20H23F2N3O/c1-15-3-2-4-16(11-15)13-24-7-9-25(10-8-24)14-20(26)23-19-12-17(21)5-6-18(19)22/h2-6,11-12H,7-10,13-14H2,1H3,(H,23,26)/p+2. The minimum Gasteiger partial charge on any atom is -0.322 e. The van der Waals surface area contributed by atoms with Crippen LogP contribution in [-0.2, 0) is 11.3 Å². The second-order valence-corrected chi connectivity index (χ2v) is 7.01. The van der Waals surface area contributed by atoms with Gasteiger partial charge in [-0.3, -0.25) is 4.79 Å². The van der Waals surface area contributed by atoms with E-state index in [9.17, 15) is 13.6 Å². The molecule has 0 spiro atoms. The van der Waals surface area contributed by atoms with Gasteiger partial charge in [0.05, 0.1) is 5.69 Å². The third-order valence-electron chi connectivity index (χ3n) is 4.81. The molecule has 138 valence electrons. The van der Waals surface area contributed by atoms with Crippen molar-refractivity contribution in [2.75, 3.05) is 38.0 Å². The van der Waals surface area contributed by atoms with Crippen LogP contribution in [0.5, 0.6) is 0 Å². The van der Waals surface area contributed by atoms with E-state index >= 15 is 0 Å². The summed E-state index contributed by atoms with van der Waals surface area (Å²) in [6.45, 7) is 7.13. The zero-order chi connectivity index (χ0) is 18.5. The molecule has 2 aromatic rings. The quantitative estimate of drug-likeness (QED) is 0.699. The summed E-state index contributed by atoms with van der Waals surface area (Å²) >= 11 is 0. The number of carbonyl (C=O) groups excluding carboxylic acids is 1. The summed E-state index contributed by atoms with van der Waals surface area (Å²) in [5.41, 5.74) is 2.51. The first-order valence-corrected chi connectivity index (χ1v) is 8.97. The molecule has 1 saturated heterocycles. The molecular weight excluding hydrogens is 336 g/mol. The fourth-order valence-corrected chi connectivity index (χ4v) is 3.44. The largest absolute Gasteiger partial charge is 0.322 e. The maximum Gasteiger partial charge on any atom is 0.279 e. The van der Waals surface area contributed by atoms with E-state index in [0.29, 0.717) is 0 Å². The smallest absolute Gasteiger partial charge is 0.279 e. The van der Waals surface area contributed by atoms with Gasteiger partial charge in [0.25, 0.3) is 5.91 Å². The van der Waals surface area contributed by atoms with Gasteiger partial charge in [-0.15, -0.1) is 0 Å². The fourth-order valence-electron chi connectivity index (χ4n) is 3.44. The van der Waals surface area contributed by atoms with Crippen LogP contribution >= 0.6 is 0 Å². The molecule has 0 bridgehead atoms. The average Bonchev–Trinajstić information content (AvgIpc) is 2.60. The molecule has 1 fully saturated rings. The number of piperazine rings is 1. The summed E-state index contributed by atoms with van der Waals surface area (Å²) in [4.78, 5) is 14.8. The molecule has 1 aliphatic heterocycles. The third-order valence-corrected chi connectivity index (χ3v) is 4.81. The van der Waals surface area contributed by atoms with Crippen LogP contribution in [-0.4, -0.2) is 38.6 Å². The molecule has 1 aliphatic rings. The Labute approximate surface area is 152 Å². The third kappa shape index (κ3) is 5.09. The minimum atomic E-state index is -0.623. The predicted molar refractivity (Wildman–Crippen MR) is 96.1 cm³/mol. The number of carbonyl (C=O) groups is 1. The van der Waals surface area contributed by atoms with Gasteiger partial charge in [0.1, 0.15) is 44.4 Å². The van der Waals surface area contributed by atoms with Crippen molar-refractivity contribution >= 4 is 11.6 Å². The molecule has 0 aliphatic carbocycles. The van der Waals surface area contributed by atoms with Crippen molar-refractivity contribution in [3.8, 4) is 0 Å². The SMILES string of the molecule is Cc1cccc(C[NH+]2CC[NH+](CC(=O)Nc3cc(F)ccc3F)CC2)c1. The van der Waals surface area contributed by atoms with Crippen LogP contribution in [0.1, 0.15) is 11.1 Å². The summed E-state index contributed by atoms with van der Waals surface area (Å²) < 4.78 is 26.8. The van der Waals surface area contributed by atoms with Gasteiger partial charge in [-0.1, -0.05) is 29.8 Å². The molecular formula is C20H25F2N3O+2. The van der Waals surface area contributed by atoms with Gasteiger partial charge in [-0.2, -0.15) is 0 Å². The Kier molecular flexibility index (Phi) is 5.96. The van der Waals surface area contributed by atoms with E-state index in [1.165, 1.54) is 20.9 Å². The van der Waals surface area contributed by atoms with E-state index < -0.39 is 11.6 Å². The molecule has 3 rings (SSSR count).